The van der Waals surface area contributed by atoms with Crippen LogP contribution in [0.1, 0.15) is 28.8 Å². The zero-order chi connectivity index (χ0) is 13.1. The van der Waals surface area contributed by atoms with Crippen molar-refractivity contribution in [3.8, 4) is 6.07 Å². The summed E-state index contributed by atoms with van der Waals surface area (Å²) in [6.07, 6.45) is 1.76. The fraction of sp³-hybridized carbons (Fsp3) is 0.429. The van der Waals surface area contributed by atoms with Gasteiger partial charge in [-0.2, -0.15) is 5.26 Å². The summed E-state index contributed by atoms with van der Waals surface area (Å²) in [5.74, 6) is -0.116. The maximum absolute atomic E-state index is 12.4. The summed E-state index contributed by atoms with van der Waals surface area (Å²) >= 11 is 6.17. The molecule has 0 radical (unpaired) electrons. The van der Waals surface area contributed by atoms with Gasteiger partial charge in [0.1, 0.15) is 0 Å². The van der Waals surface area contributed by atoms with Crippen molar-refractivity contribution in [2.24, 2.45) is 5.92 Å². The lowest BCUT2D eigenvalue weighted by Crippen LogP contribution is -2.39. The second kappa shape index (κ2) is 5.41. The molecule has 1 fully saturated rings. The largest absolute Gasteiger partial charge is 0.337 e. The number of hydrogen-bond acceptors (Lipinski definition) is 2. The van der Waals surface area contributed by atoms with Gasteiger partial charge in [-0.15, -0.1) is 0 Å². The van der Waals surface area contributed by atoms with Gasteiger partial charge in [-0.25, -0.2) is 0 Å². The number of halogens is 1. The molecule has 1 atom stereocenters. The maximum Gasteiger partial charge on any atom is 0.255 e. The zero-order valence-electron chi connectivity index (χ0n) is 10.3. The van der Waals surface area contributed by atoms with Crippen LogP contribution in [-0.2, 0) is 0 Å². The van der Waals surface area contributed by atoms with Crippen LogP contribution in [-0.4, -0.2) is 23.9 Å². The monoisotopic (exact) mass is 262 g/mol. The Morgan fingerprint density at radius 1 is 1.56 bits per heavy atom. The first-order chi connectivity index (χ1) is 8.63. The van der Waals surface area contributed by atoms with Crippen LogP contribution < -0.4 is 0 Å². The highest BCUT2D eigenvalue weighted by Crippen LogP contribution is 2.24. The number of nitrogens with zero attached hydrogens (tertiary/aromatic N) is 2. The van der Waals surface area contributed by atoms with Gasteiger partial charge in [-0.3, -0.25) is 4.79 Å². The van der Waals surface area contributed by atoms with E-state index in [2.05, 4.69) is 6.07 Å². The Hall–Kier alpha value is -1.53. The van der Waals surface area contributed by atoms with Gasteiger partial charge in [-0.1, -0.05) is 23.7 Å². The Bertz CT molecular complexity index is 507. The van der Waals surface area contributed by atoms with Crippen molar-refractivity contribution in [2.45, 2.75) is 19.8 Å². The predicted molar refractivity (Wildman–Crippen MR) is 70.4 cm³/mol. The highest BCUT2D eigenvalue weighted by atomic mass is 35.5. The number of benzene rings is 1. The third-order valence-corrected chi connectivity index (χ3v) is 3.82. The molecular weight excluding hydrogens is 248 g/mol. The molecule has 18 heavy (non-hydrogen) atoms. The number of amides is 1. The molecule has 1 aromatic carbocycles. The molecule has 1 heterocycles. The average Bonchev–Trinajstić information content (AvgIpc) is 2.41. The van der Waals surface area contributed by atoms with Gasteiger partial charge in [0, 0.05) is 13.1 Å². The van der Waals surface area contributed by atoms with E-state index < -0.39 is 0 Å². The van der Waals surface area contributed by atoms with E-state index in [4.69, 9.17) is 16.9 Å². The lowest BCUT2D eigenvalue weighted by molar-refractivity contribution is 0.0699. The van der Waals surface area contributed by atoms with Crippen molar-refractivity contribution >= 4 is 17.5 Å². The Labute approximate surface area is 112 Å². The average molecular weight is 263 g/mol. The predicted octanol–water partition coefficient (Wildman–Crippen LogP) is 3.02. The van der Waals surface area contributed by atoms with E-state index in [1.165, 1.54) is 0 Å². The van der Waals surface area contributed by atoms with E-state index in [0.717, 1.165) is 18.4 Å². The summed E-state index contributed by atoms with van der Waals surface area (Å²) in [6, 6.07) is 7.70. The molecule has 4 heteroatoms. The van der Waals surface area contributed by atoms with Crippen LogP contribution in [0.2, 0.25) is 5.02 Å². The molecule has 1 unspecified atom stereocenters. The standard InChI is InChI=1S/C14H15ClN2O/c1-10-4-2-6-12(13(10)15)14(18)17-7-3-5-11(8-16)9-17/h2,4,6,11H,3,5,7,9H2,1H3. The van der Waals surface area contributed by atoms with E-state index in [9.17, 15) is 4.79 Å². The van der Waals surface area contributed by atoms with E-state index in [1.54, 1.807) is 11.0 Å². The van der Waals surface area contributed by atoms with Gasteiger partial charge >= 0.3 is 0 Å². The van der Waals surface area contributed by atoms with Gasteiger partial charge in [-0.05, 0) is 31.4 Å². The van der Waals surface area contributed by atoms with Crippen LogP contribution in [0.3, 0.4) is 0 Å². The summed E-state index contributed by atoms with van der Waals surface area (Å²) in [5, 5.41) is 9.46. The van der Waals surface area contributed by atoms with Crippen molar-refractivity contribution in [3.05, 3.63) is 34.3 Å². The Balaban J connectivity index is 2.21. The van der Waals surface area contributed by atoms with Crippen LogP contribution in [0.15, 0.2) is 18.2 Å². The van der Waals surface area contributed by atoms with Gasteiger partial charge < -0.3 is 4.90 Å². The number of likely N-dealkylation sites (tertiary alicyclic amines) is 1. The summed E-state index contributed by atoms with van der Waals surface area (Å²) in [4.78, 5) is 14.1. The van der Waals surface area contributed by atoms with Crippen molar-refractivity contribution in [1.82, 2.24) is 4.90 Å². The molecule has 0 saturated carbocycles. The fourth-order valence-corrected chi connectivity index (χ4v) is 2.46. The third kappa shape index (κ3) is 2.49. The van der Waals surface area contributed by atoms with E-state index in [-0.39, 0.29) is 11.8 Å². The minimum Gasteiger partial charge on any atom is -0.337 e. The highest BCUT2D eigenvalue weighted by Gasteiger charge is 2.25. The molecule has 0 aliphatic carbocycles. The van der Waals surface area contributed by atoms with Crippen LogP contribution in [0.5, 0.6) is 0 Å². The van der Waals surface area contributed by atoms with E-state index in [1.807, 2.05) is 19.1 Å². The van der Waals surface area contributed by atoms with Crippen LogP contribution in [0, 0.1) is 24.2 Å². The number of rotatable bonds is 1. The molecule has 3 nitrogen and oxygen atoms in total. The van der Waals surface area contributed by atoms with Crippen molar-refractivity contribution < 1.29 is 4.79 Å². The summed E-state index contributed by atoms with van der Waals surface area (Å²) in [7, 11) is 0. The molecule has 0 aromatic heterocycles. The van der Waals surface area contributed by atoms with Crippen molar-refractivity contribution in [2.75, 3.05) is 13.1 Å². The minimum atomic E-state index is -0.0661. The SMILES string of the molecule is Cc1cccc(C(=O)N2CCCC(C#N)C2)c1Cl. The van der Waals surface area contributed by atoms with Crippen LogP contribution >= 0.6 is 11.6 Å². The molecular formula is C14H15ClN2O. The van der Waals surface area contributed by atoms with Gasteiger partial charge in [0.25, 0.3) is 5.91 Å². The number of carbonyl (C=O) groups excluding carboxylic acids is 1. The Morgan fingerprint density at radius 3 is 3.06 bits per heavy atom. The molecule has 1 aliphatic heterocycles. The van der Waals surface area contributed by atoms with Gasteiger partial charge in [0.15, 0.2) is 0 Å². The zero-order valence-corrected chi connectivity index (χ0v) is 11.1. The summed E-state index contributed by atoms with van der Waals surface area (Å²) < 4.78 is 0. The maximum atomic E-state index is 12.4. The number of piperidine rings is 1. The lowest BCUT2D eigenvalue weighted by atomic mass is 9.99. The summed E-state index contributed by atoms with van der Waals surface area (Å²) in [6.45, 7) is 3.11. The van der Waals surface area contributed by atoms with E-state index in [0.29, 0.717) is 23.7 Å². The Morgan fingerprint density at radius 2 is 2.33 bits per heavy atom. The second-order valence-electron chi connectivity index (χ2n) is 4.66. The molecule has 0 N–H and O–H groups in total. The van der Waals surface area contributed by atoms with Crippen molar-refractivity contribution in [3.63, 3.8) is 0 Å². The molecule has 0 spiro atoms. The Kier molecular flexibility index (Phi) is 3.88. The van der Waals surface area contributed by atoms with Gasteiger partial charge in [0.05, 0.1) is 22.6 Å². The quantitative estimate of drug-likeness (QED) is 0.781. The lowest BCUT2D eigenvalue weighted by Gasteiger charge is -2.30. The highest BCUT2D eigenvalue weighted by molar-refractivity contribution is 6.34. The van der Waals surface area contributed by atoms with Crippen LogP contribution in [0.4, 0.5) is 0 Å². The van der Waals surface area contributed by atoms with Gasteiger partial charge in [0.2, 0.25) is 0 Å². The van der Waals surface area contributed by atoms with E-state index >= 15 is 0 Å². The second-order valence-corrected chi connectivity index (χ2v) is 5.03. The summed E-state index contributed by atoms with van der Waals surface area (Å²) in [5.41, 5.74) is 1.44. The first kappa shape index (κ1) is 12.9. The van der Waals surface area contributed by atoms with Crippen molar-refractivity contribution in [1.29, 1.82) is 5.26 Å². The first-order valence-electron chi connectivity index (χ1n) is 6.07. The molecule has 2 rings (SSSR count). The molecule has 1 amide bonds. The number of carbonyl (C=O) groups is 1. The first-order valence-corrected chi connectivity index (χ1v) is 6.45. The molecule has 94 valence electrons. The molecule has 1 aromatic rings. The topological polar surface area (TPSA) is 44.1 Å². The third-order valence-electron chi connectivity index (χ3n) is 3.31. The molecule has 0 bridgehead atoms. The number of hydrogen-bond donors (Lipinski definition) is 0. The number of nitriles is 1. The minimum absolute atomic E-state index is 0.0497. The normalized spacial score (nSPS) is 19.4. The number of aryl methyl sites for hydroxylation is 1. The fourth-order valence-electron chi connectivity index (χ4n) is 2.25. The smallest absolute Gasteiger partial charge is 0.255 e. The van der Waals surface area contributed by atoms with Crippen LogP contribution in [0.25, 0.3) is 0 Å². The molecule has 1 saturated heterocycles. The molecule has 1 aliphatic rings.